The molecule has 0 radical (unpaired) electrons. The molecule has 2 amide bonds. The molecule has 2 aromatic carbocycles. The summed E-state index contributed by atoms with van der Waals surface area (Å²) in [5, 5.41) is 2.94. The molecule has 2 unspecified atom stereocenters. The lowest BCUT2D eigenvalue weighted by Gasteiger charge is -2.21. The van der Waals surface area contributed by atoms with Crippen molar-refractivity contribution >= 4 is 17.5 Å². The molecule has 1 N–H and O–H groups in total. The normalized spacial score (nSPS) is 17.9. The van der Waals surface area contributed by atoms with Crippen molar-refractivity contribution in [3.05, 3.63) is 59.7 Å². The fourth-order valence-corrected chi connectivity index (χ4v) is 3.38. The molecule has 0 spiro atoms. The van der Waals surface area contributed by atoms with Gasteiger partial charge in [0.2, 0.25) is 11.8 Å². The van der Waals surface area contributed by atoms with E-state index in [4.69, 9.17) is 4.74 Å². The van der Waals surface area contributed by atoms with Gasteiger partial charge in [-0.15, -0.1) is 0 Å². The van der Waals surface area contributed by atoms with Gasteiger partial charge in [-0.2, -0.15) is 0 Å². The smallest absolute Gasteiger partial charge is 0.230 e. The number of para-hydroxylation sites is 1. The Hall–Kier alpha value is -2.82. The van der Waals surface area contributed by atoms with Crippen LogP contribution in [0.1, 0.15) is 24.5 Å². The van der Waals surface area contributed by atoms with Gasteiger partial charge in [0.1, 0.15) is 5.75 Å². The Morgan fingerprint density at radius 2 is 1.93 bits per heavy atom. The number of nitrogens with zero attached hydrogens (tertiary/aromatic N) is 1. The lowest BCUT2D eigenvalue weighted by atomic mass is 10.1. The van der Waals surface area contributed by atoms with Crippen molar-refractivity contribution in [3.63, 3.8) is 0 Å². The number of carbonyl (C=O) groups is 2. The summed E-state index contributed by atoms with van der Waals surface area (Å²) in [6.45, 7) is 4.95. The van der Waals surface area contributed by atoms with E-state index in [1.165, 1.54) is 0 Å². The van der Waals surface area contributed by atoms with Gasteiger partial charge in [0.15, 0.2) is 0 Å². The van der Waals surface area contributed by atoms with Crippen molar-refractivity contribution in [2.45, 2.75) is 26.8 Å². The van der Waals surface area contributed by atoms with E-state index in [2.05, 4.69) is 5.32 Å². The average Bonchev–Trinajstić information content (AvgIpc) is 3.48. The molecule has 0 heterocycles. The molecule has 5 heteroatoms. The van der Waals surface area contributed by atoms with Gasteiger partial charge >= 0.3 is 0 Å². The predicted molar refractivity (Wildman–Crippen MR) is 106 cm³/mol. The third-order valence-corrected chi connectivity index (χ3v) is 4.99. The van der Waals surface area contributed by atoms with Gasteiger partial charge in [-0.1, -0.05) is 30.3 Å². The third kappa shape index (κ3) is 4.30. The maximum absolute atomic E-state index is 12.9. The van der Waals surface area contributed by atoms with E-state index in [-0.39, 0.29) is 23.7 Å². The van der Waals surface area contributed by atoms with E-state index in [1.54, 1.807) is 12.0 Å². The topological polar surface area (TPSA) is 58.6 Å². The highest BCUT2D eigenvalue weighted by Gasteiger charge is 2.49. The number of methoxy groups -OCH3 is 1. The number of hydrogen-bond donors (Lipinski definition) is 1. The summed E-state index contributed by atoms with van der Waals surface area (Å²) in [6.07, 6.45) is 0.610. The highest BCUT2D eigenvalue weighted by Crippen LogP contribution is 2.41. The molecule has 2 aromatic rings. The van der Waals surface area contributed by atoms with Crippen molar-refractivity contribution < 1.29 is 14.3 Å². The molecule has 142 valence electrons. The predicted octanol–water partition coefficient (Wildman–Crippen LogP) is 3.31. The second-order valence-corrected chi connectivity index (χ2v) is 6.90. The fourth-order valence-electron chi connectivity index (χ4n) is 3.38. The quantitative estimate of drug-likeness (QED) is 0.818. The van der Waals surface area contributed by atoms with E-state index in [9.17, 15) is 9.59 Å². The van der Waals surface area contributed by atoms with Gasteiger partial charge in [-0.3, -0.25) is 9.59 Å². The van der Waals surface area contributed by atoms with E-state index in [0.717, 1.165) is 22.6 Å². The van der Waals surface area contributed by atoms with Gasteiger partial charge in [-0.05, 0) is 44.0 Å². The van der Waals surface area contributed by atoms with Crippen molar-refractivity contribution in [2.24, 2.45) is 11.8 Å². The SMILES string of the molecule is CCN(C(=O)C1CC1C(=O)NCc1ccccc1OC)c1cccc(C)c1. The molecule has 1 fully saturated rings. The Labute approximate surface area is 160 Å². The fraction of sp³-hybridized carbons (Fsp3) is 0.364. The largest absolute Gasteiger partial charge is 0.496 e. The van der Waals surface area contributed by atoms with Crippen LogP contribution in [0.15, 0.2) is 48.5 Å². The van der Waals surface area contributed by atoms with E-state index < -0.39 is 0 Å². The molecule has 1 aliphatic rings. The number of carbonyl (C=O) groups excluding carboxylic acids is 2. The third-order valence-electron chi connectivity index (χ3n) is 4.99. The zero-order valence-electron chi connectivity index (χ0n) is 16.1. The van der Waals surface area contributed by atoms with Gasteiger partial charge in [0.25, 0.3) is 0 Å². The van der Waals surface area contributed by atoms with Crippen LogP contribution >= 0.6 is 0 Å². The summed E-state index contributed by atoms with van der Waals surface area (Å²) < 4.78 is 5.31. The van der Waals surface area contributed by atoms with E-state index >= 15 is 0 Å². The Bertz CT molecular complexity index is 834. The van der Waals surface area contributed by atoms with Gasteiger partial charge in [0, 0.05) is 24.3 Å². The number of aryl methyl sites for hydroxylation is 1. The van der Waals surface area contributed by atoms with Crippen molar-refractivity contribution in [1.29, 1.82) is 0 Å². The highest BCUT2D eigenvalue weighted by atomic mass is 16.5. The summed E-state index contributed by atoms with van der Waals surface area (Å²) >= 11 is 0. The van der Waals surface area contributed by atoms with E-state index in [1.807, 2.05) is 62.4 Å². The first-order valence-electron chi connectivity index (χ1n) is 9.32. The van der Waals surface area contributed by atoms with Gasteiger partial charge in [-0.25, -0.2) is 0 Å². The number of benzene rings is 2. The second-order valence-electron chi connectivity index (χ2n) is 6.90. The number of anilines is 1. The Morgan fingerprint density at radius 1 is 1.15 bits per heavy atom. The molecule has 0 bridgehead atoms. The molecular weight excluding hydrogens is 340 g/mol. The summed E-state index contributed by atoms with van der Waals surface area (Å²) in [4.78, 5) is 27.1. The minimum absolute atomic E-state index is 0.0283. The number of nitrogens with one attached hydrogen (secondary N) is 1. The van der Waals surface area contributed by atoms with Crippen LogP contribution in [-0.4, -0.2) is 25.5 Å². The van der Waals surface area contributed by atoms with E-state index in [0.29, 0.717) is 19.5 Å². The van der Waals surface area contributed by atoms with Crippen LogP contribution in [-0.2, 0) is 16.1 Å². The first kappa shape index (κ1) is 19.0. The summed E-state index contributed by atoms with van der Waals surface area (Å²) in [5.74, 6) is 0.229. The minimum Gasteiger partial charge on any atom is -0.496 e. The molecule has 0 saturated heterocycles. The molecule has 2 atom stereocenters. The van der Waals surface area contributed by atoms with Crippen molar-refractivity contribution in [1.82, 2.24) is 5.32 Å². The van der Waals surface area contributed by atoms with Crippen LogP contribution in [0.3, 0.4) is 0 Å². The van der Waals surface area contributed by atoms with Crippen LogP contribution in [0, 0.1) is 18.8 Å². The number of amides is 2. The standard InChI is InChI=1S/C22H26N2O3/c1-4-24(17-10-7-8-15(2)12-17)22(26)19-13-18(19)21(25)23-14-16-9-5-6-11-20(16)27-3/h5-12,18-19H,4,13-14H2,1-3H3,(H,23,25). The zero-order chi connectivity index (χ0) is 19.4. The minimum atomic E-state index is -0.244. The van der Waals surface area contributed by atoms with Crippen molar-refractivity contribution in [2.75, 3.05) is 18.6 Å². The van der Waals surface area contributed by atoms with Gasteiger partial charge in [0.05, 0.1) is 18.9 Å². The summed E-state index contributed by atoms with van der Waals surface area (Å²) in [7, 11) is 1.61. The van der Waals surface area contributed by atoms with Crippen LogP contribution in [0.5, 0.6) is 5.75 Å². The van der Waals surface area contributed by atoms with Crippen LogP contribution in [0.25, 0.3) is 0 Å². The zero-order valence-corrected chi connectivity index (χ0v) is 16.1. The maximum Gasteiger partial charge on any atom is 0.230 e. The van der Waals surface area contributed by atoms with Crippen LogP contribution in [0.2, 0.25) is 0 Å². The van der Waals surface area contributed by atoms with Crippen LogP contribution in [0.4, 0.5) is 5.69 Å². The maximum atomic E-state index is 12.9. The first-order chi connectivity index (χ1) is 13.0. The first-order valence-corrected chi connectivity index (χ1v) is 9.32. The Balaban J connectivity index is 1.59. The average molecular weight is 366 g/mol. The summed E-state index contributed by atoms with van der Waals surface area (Å²) in [6, 6.07) is 15.5. The van der Waals surface area contributed by atoms with Crippen LogP contribution < -0.4 is 15.0 Å². The molecule has 5 nitrogen and oxygen atoms in total. The highest BCUT2D eigenvalue weighted by molar-refractivity contribution is 6.01. The molecule has 0 aliphatic heterocycles. The summed E-state index contributed by atoms with van der Waals surface area (Å²) in [5.41, 5.74) is 2.93. The second kappa shape index (κ2) is 8.25. The lowest BCUT2D eigenvalue weighted by molar-refractivity contribution is -0.126. The molecule has 1 aliphatic carbocycles. The molecule has 1 saturated carbocycles. The lowest BCUT2D eigenvalue weighted by Crippen LogP contribution is -2.34. The van der Waals surface area contributed by atoms with Gasteiger partial charge < -0.3 is 15.0 Å². The van der Waals surface area contributed by atoms with Crippen molar-refractivity contribution in [3.8, 4) is 5.75 Å². The number of ether oxygens (including phenoxy) is 1. The Kier molecular flexibility index (Phi) is 5.79. The molecular formula is C22H26N2O3. The molecule has 3 rings (SSSR count). The number of rotatable bonds is 7. The monoisotopic (exact) mass is 366 g/mol. The Morgan fingerprint density at radius 3 is 2.63 bits per heavy atom. The number of hydrogen-bond acceptors (Lipinski definition) is 3. The molecule has 0 aromatic heterocycles. The molecule has 27 heavy (non-hydrogen) atoms.